The molecule has 0 aromatic heterocycles. The zero-order valence-corrected chi connectivity index (χ0v) is 21.1. The van der Waals surface area contributed by atoms with Crippen LogP contribution in [0.1, 0.15) is 30.5 Å². The molecule has 0 fully saturated rings. The van der Waals surface area contributed by atoms with Crippen molar-refractivity contribution in [2.75, 3.05) is 0 Å². The van der Waals surface area contributed by atoms with Crippen molar-refractivity contribution in [1.29, 1.82) is 0 Å². The molecule has 6 heteroatoms. The number of carbonyl (C=O) groups is 2. The first-order chi connectivity index (χ1) is 15.8. The number of halogens is 2. The SMILES string of the molecule is CC(C)NC(=O)[C@H](Cc1ccccc1)N(Cc1cccc(Br)c1)C(=O)Cc1cccc(Cl)c1. The second kappa shape index (κ2) is 12.0. The molecule has 0 heterocycles. The Kier molecular flexibility index (Phi) is 9.10. The molecule has 3 rings (SSSR count). The van der Waals surface area contributed by atoms with Gasteiger partial charge in [-0.1, -0.05) is 82.1 Å². The zero-order chi connectivity index (χ0) is 23.8. The lowest BCUT2D eigenvalue weighted by Gasteiger charge is -2.32. The summed E-state index contributed by atoms with van der Waals surface area (Å²) in [7, 11) is 0. The van der Waals surface area contributed by atoms with Crippen molar-refractivity contribution in [3.8, 4) is 0 Å². The highest BCUT2D eigenvalue weighted by Gasteiger charge is 2.30. The van der Waals surface area contributed by atoms with E-state index in [0.717, 1.165) is 21.2 Å². The fourth-order valence-electron chi connectivity index (χ4n) is 3.69. The molecule has 33 heavy (non-hydrogen) atoms. The Balaban J connectivity index is 1.97. The van der Waals surface area contributed by atoms with Gasteiger partial charge in [0.1, 0.15) is 6.04 Å². The molecule has 0 spiro atoms. The Morgan fingerprint density at radius 1 is 0.909 bits per heavy atom. The molecule has 3 aromatic rings. The third kappa shape index (κ3) is 7.72. The van der Waals surface area contributed by atoms with E-state index in [2.05, 4.69) is 21.2 Å². The summed E-state index contributed by atoms with van der Waals surface area (Å²) in [6, 6.07) is 24.2. The molecule has 172 valence electrons. The largest absolute Gasteiger partial charge is 0.352 e. The number of nitrogens with zero attached hydrogens (tertiary/aromatic N) is 1. The minimum Gasteiger partial charge on any atom is -0.352 e. The Bertz CT molecular complexity index is 1090. The number of carbonyl (C=O) groups excluding carboxylic acids is 2. The molecule has 0 bridgehead atoms. The van der Waals surface area contributed by atoms with Crippen molar-refractivity contribution in [2.24, 2.45) is 0 Å². The molecular weight excluding hydrogens is 500 g/mol. The average molecular weight is 528 g/mol. The maximum Gasteiger partial charge on any atom is 0.243 e. The van der Waals surface area contributed by atoms with Gasteiger partial charge in [-0.3, -0.25) is 9.59 Å². The molecule has 0 saturated heterocycles. The number of hydrogen-bond acceptors (Lipinski definition) is 2. The highest BCUT2D eigenvalue weighted by atomic mass is 79.9. The molecule has 0 aliphatic heterocycles. The van der Waals surface area contributed by atoms with Crippen LogP contribution in [0.3, 0.4) is 0 Å². The molecule has 2 amide bonds. The molecule has 0 radical (unpaired) electrons. The summed E-state index contributed by atoms with van der Waals surface area (Å²) in [6.07, 6.45) is 0.587. The molecule has 0 unspecified atom stereocenters. The first-order valence-electron chi connectivity index (χ1n) is 10.9. The molecule has 0 saturated carbocycles. The minimum atomic E-state index is -0.652. The van der Waals surface area contributed by atoms with Crippen LogP contribution in [0.2, 0.25) is 5.02 Å². The number of hydrogen-bond donors (Lipinski definition) is 1. The van der Waals surface area contributed by atoms with E-state index >= 15 is 0 Å². The summed E-state index contributed by atoms with van der Waals surface area (Å²) in [4.78, 5) is 28.6. The Hall–Kier alpha value is -2.63. The average Bonchev–Trinajstić information content (AvgIpc) is 2.76. The fourth-order valence-corrected chi connectivity index (χ4v) is 4.35. The van der Waals surface area contributed by atoms with Gasteiger partial charge >= 0.3 is 0 Å². The highest BCUT2D eigenvalue weighted by molar-refractivity contribution is 9.10. The second-order valence-corrected chi connectivity index (χ2v) is 9.68. The third-order valence-corrected chi connectivity index (χ3v) is 5.92. The maximum absolute atomic E-state index is 13.6. The van der Waals surface area contributed by atoms with E-state index in [1.54, 1.807) is 17.0 Å². The van der Waals surface area contributed by atoms with E-state index in [1.807, 2.05) is 80.6 Å². The van der Waals surface area contributed by atoms with Crippen LogP contribution in [0.5, 0.6) is 0 Å². The standard InChI is InChI=1S/C27H28BrClN2O2/c1-19(2)30-27(33)25(16-20-8-4-3-5-9-20)31(18-22-11-6-12-23(28)14-22)26(32)17-21-10-7-13-24(29)15-21/h3-15,19,25H,16-18H2,1-2H3,(H,30,33)/t25-/m0/s1. The summed E-state index contributed by atoms with van der Waals surface area (Å²) in [5.74, 6) is -0.291. The highest BCUT2D eigenvalue weighted by Crippen LogP contribution is 2.20. The fraction of sp³-hybridized carbons (Fsp3) is 0.259. The van der Waals surface area contributed by atoms with E-state index in [-0.39, 0.29) is 24.3 Å². The van der Waals surface area contributed by atoms with Crippen LogP contribution in [0.25, 0.3) is 0 Å². The molecule has 0 aliphatic carbocycles. The van der Waals surface area contributed by atoms with E-state index in [4.69, 9.17) is 11.6 Å². The van der Waals surface area contributed by atoms with Gasteiger partial charge in [0.15, 0.2) is 0 Å². The lowest BCUT2D eigenvalue weighted by Crippen LogP contribution is -2.52. The normalized spacial score (nSPS) is 11.8. The van der Waals surface area contributed by atoms with Crippen LogP contribution in [0.15, 0.2) is 83.3 Å². The molecular formula is C27H28BrClN2O2. The summed E-state index contributed by atoms with van der Waals surface area (Å²) < 4.78 is 0.925. The van der Waals surface area contributed by atoms with Crippen molar-refractivity contribution in [3.63, 3.8) is 0 Å². The molecule has 3 aromatic carbocycles. The smallest absolute Gasteiger partial charge is 0.243 e. The van der Waals surface area contributed by atoms with E-state index in [0.29, 0.717) is 18.0 Å². The lowest BCUT2D eigenvalue weighted by atomic mass is 10.0. The number of amides is 2. The molecule has 1 N–H and O–H groups in total. The van der Waals surface area contributed by atoms with Gasteiger partial charge < -0.3 is 10.2 Å². The Labute approximate surface area is 209 Å². The van der Waals surface area contributed by atoms with Crippen molar-refractivity contribution < 1.29 is 9.59 Å². The molecule has 0 aliphatic rings. The van der Waals surface area contributed by atoms with Gasteiger partial charge in [-0.25, -0.2) is 0 Å². The van der Waals surface area contributed by atoms with Gasteiger partial charge in [0.05, 0.1) is 6.42 Å². The topological polar surface area (TPSA) is 49.4 Å². The van der Waals surface area contributed by atoms with Crippen molar-refractivity contribution >= 4 is 39.3 Å². The first kappa shape index (κ1) is 25.0. The van der Waals surface area contributed by atoms with E-state index in [9.17, 15) is 9.59 Å². The summed E-state index contributed by atoms with van der Waals surface area (Å²) in [6.45, 7) is 4.16. The number of benzene rings is 3. The predicted molar refractivity (Wildman–Crippen MR) is 137 cm³/mol. The Morgan fingerprint density at radius 2 is 1.58 bits per heavy atom. The number of nitrogens with one attached hydrogen (secondary N) is 1. The number of rotatable bonds is 9. The van der Waals surface area contributed by atoms with Crippen molar-refractivity contribution in [2.45, 2.75) is 45.3 Å². The second-order valence-electron chi connectivity index (χ2n) is 8.33. The van der Waals surface area contributed by atoms with E-state index in [1.165, 1.54) is 0 Å². The van der Waals surface area contributed by atoms with Crippen LogP contribution >= 0.6 is 27.5 Å². The third-order valence-electron chi connectivity index (χ3n) is 5.19. The quantitative estimate of drug-likeness (QED) is 0.382. The summed E-state index contributed by atoms with van der Waals surface area (Å²) in [5.41, 5.74) is 2.75. The van der Waals surface area contributed by atoms with Gasteiger partial charge in [-0.2, -0.15) is 0 Å². The minimum absolute atomic E-state index is 0.0356. The van der Waals surface area contributed by atoms with Crippen LogP contribution in [0, 0.1) is 0 Å². The van der Waals surface area contributed by atoms with Gasteiger partial charge in [0.25, 0.3) is 0 Å². The maximum atomic E-state index is 13.6. The predicted octanol–water partition coefficient (Wildman–Crippen LogP) is 5.81. The van der Waals surface area contributed by atoms with Crippen LogP contribution in [0.4, 0.5) is 0 Å². The molecule has 4 nitrogen and oxygen atoms in total. The monoisotopic (exact) mass is 526 g/mol. The van der Waals surface area contributed by atoms with E-state index < -0.39 is 6.04 Å². The van der Waals surface area contributed by atoms with Crippen molar-refractivity contribution in [3.05, 3.63) is 105 Å². The summed E-state index contributed by atoms with van der Waals surface area (Å²) >= 11 is 9.64. The summed E-state index contributed by atoms with van der Waals surface area (Å²) in [5, 5.41) is 3.59. The van der Waals surface area contributed by atoms with Gasteiger partial charge in [-0.05, 0) is 54.8 Å². The van der Waals surface area contributed by atoms with Crippen LogP contribution in [-0.2, 0) is 29.0 Å². The first-order valence-corrected chi connectivity index (χ1v) is 12.1. The van der Waals surface area contributed by atoms with Gasteiger partial charge in [0.2, 0.25) is 11.8 Å². The van der Waals surface area contributed by atoms with Gasteiger partial charge in [-0.15, -0.1) is 0 Å². The molecule has 1 atom stereocenters. The van der Waals surface area contributed by atoms with Crippen molar-refractivity contribution in [1.82, 2.24) is 10.2 Å². The zero-order valence-electron chi connectivity index (χ0n) is 18.8. The van der Waals surface area contributed by atoms with Gasteiger partial charge in [0, 0.05) is 28.5 Å². The Morgan fingerprint density at radius 3 is 2.24 bits per heavy atom. The van der Waals surface area contributed by atoms with Crippen LogP contribution < -0.4 is 5.32 Å². The lowest BCUT2D eigenvalue weighted by molar-refractivity contribution is -0.141. The van der Waals surface area contributed by atoms with Crippen LogP contribution in [-0.4, -0.2) is 28.8 Å².